The Bertz CT molecular complexity index is 396. The lowest BCUT2D eigenvalue weighted by Gasteiger charge is -2.06. The zero-order valence-electron chi connectivity index (χ0n) is 8.21. The first-order chi connectivity index (χ1) is 7.34. The van der Waals surface area contributed by atoms with E-state index < -0.39 is 0 Å². The summed E-state index contributed by atoms with van der Waals surface area (Å²) in [7, 11) is 0. The monoisotopic (exact) mass is 204 g/mol. The Morgan fingerprint density at radius 2 is 1.80 bits per heavy atom. The van der Waals surface area contributed by atoms with Crippen molar-refractivity contribution >= 4 is 5.69 Å². The number of nitrogens with two attached hydrogens (primary N) is 1. The van der Waals surface area contributed by atoms with Crippen LogP contribution < -0.4 is 10.5 Å². The minimum absolute atomic E-state index is 0.585. The molecule has 1 aromatic heterocycles. The van der Waals surface area contributed by atoms with E-state index in [1.807, 2.05) is 28.8 Å². The van der Waals surface area contributed by atoms with Crippen LogP contribution in [0.2, 0.25) is 0 Å². The standard InChI is InChI=1S/C10H12N4O/c11-9-1-3-10(4-2-9)15-6-5-14-7-12-13-8-14/h1-4,7-8H,5-6,11H2. The second-order valence-corrected chi connectivity index (χ2v) is 3.12. The number of benzene rings is 1. The molecule has 0 saturated carbocycles. The van der Waals surface area contributed by atoms with Gasteiger partial charge in [-0.05, 0) is 24.3 Å². The predicted octanol–water partition coefficient (Wildman–Crippen LogP) is 0.939. The van der Waals surface area contributed by atoms with Crippen LogP contribution in [0, 0.1) is 0 Å². The molecular formula is C10H12N4O. The highest BCUT2D eigenvalue weighted by Gasteiger charge is 1.94. The minimum atomic E-state index is 0.585. The molecule has 0 amide bonds. The molecule has 78 valence electrons. The second kappa shape index (κ2) is 4.45. The Morgan fingerprint density at radius 1 is 1.13 bits per heavy atom. The van der Waals surface area contributed by atoms with Gasteiger partial charge >= 0.3 is 0 Å². The third kappa shape index (κ3) is 2.70. The number of aromatic nitrogens is 3. The molecule has 0 radical (unpaired) electrons. The van der Waals surface area contributed by atoms with Crippen molar-refractivity contribution in [1.29, 1.82) is 0 Å². The Kier molecular flexibility index (Phi) is 2.82. The van der Waals surface area contributed by atoms with Crippen LogP contribution in [0.3, 0.4) is 0 Å². The normalized spacial score (nSPS) is 10.1. The van der Waals surface area contributed by atoms with Crippen molar-refractivity contribution in [3.05, 3.63) is 36.9 Å². The van der Waals surface area contributed by atoms with Crippen LogP contribution in [0.1, 0.15) is 0 Å². The Hall–Kier alpha value is -2.04. The maximum atomic E-state index is 5.56. The average Bonchev–Trinajstić information content (AvgIpc) is 2.74. The Labute approximate surface area is 87.5 Å². The molecular weight excluding hydrogens is 192 g/mol. The molecule has 0 atom stereocenters. The van der Waals surface area contributed by atoms with E-state index in [9.17, 15) is 0 Å². The SMILES string of the molecule is Nc1ccc(OCCn2cnnc2)cc1. The highest BCUT2D eigenvalue weighted by molar-refractivity contribution is 5.41. The summed E-state index contributed by atoms with van der Waals surface area (Å²) < 4.78 is 7.36. The average molecular weight is 204 g/mol. The Morgan fingerprint density at radius 3 is 2.47 bits per heavy atom. The van der Waals surface area contributed by atoms with Crippen LogP contribution in [-0.4, -0.2) is 21.4 Å². The van der Waals surface area contributed by atoms with Crippen molar-refractivity contribution in [3.63, 3.8) is 0 Å². The van der Waals surface area contributed by atoms with Gasteiger partial charge in [0.15, 0.2) is 0 Å². The number of nitrogens with zero attached hydrogens (tertiary/aromatic N) is 3. The van der Waals surface area contributed by atoms with Crippen LogP contribution >= 0.6 is 0 Å². The van der Waals surface area contributed by atoms with Gasteiger partial charge in [0.2, 0.25) is 0 Å². The quantitative estimate of drug-likeness (QED) is 0.753. The van der Waals surface area contributed by atoms with E-state index in [1.54, 1.807) is 12.7 Å². The maximum absolute atomic E-state index is 5.56. The lowest BCUT2D eigenvalue weighted by molar-refractivity contribution is 0.298. The van der Waals surface area contributed by atoms with Crippen LogP contribution in [0.15, 0.2) is 36.9 Å². The summed E-state index contributed by atoms with van der Waals surface area (Å²) in [6, 6.07) is 7.32. The van der Waals surface area contributed by atoms with Crippen molar-refractivity contribution in [1.82, 2.24) is 14.8 Å². The molecule has 0 aliphatic carbocycles. The molecule has 5 nitrogen and oxygen atoms in total. The smallest absolute Gasteiger partial charge is 0.119 e. The van der Waals surface area contributed by atoms with Crippen LogP contribution in [0.4, 0.5) is 5.69 Å². The molecule has 2 rings (SSSR count). The van der Waals surface area contributed by atoms with E-state index in [0.29, 0.717) is 6.61 Å². The highest BCUT2D eigenvalue weighted by atomic mass is 16.5. The van der Waals surface area contributed by atoms with Gasteiger partial charge in [-0.2, -0.15) is 0 Å². The summed E-state index contributed by atoms with van der Waals surface area (Å²) >= 11 is 0. The van der Waals surface area contributed by atoms with Gasteiger partial charge in [0.1, 0.15) is 25.0 Å². The van der Waals surface area contributed by atoms with Gasteiger partial charge < -0.3 is 15.0 Å². The number of nitrogen functional groups attached to an aromatic ring is 1. The zero-order chi connectivity index (χ0) is 10.5. The first-order valence-electron chi connectivity index (χ1n) is 4.65. The topological polar surface area (TPSA) is 66.0 Å². The van der Waals surface area contributed by atoms with E-state index in [0.717, 1.165) is 18.0 Å². The van der Waals surface area contributed by atoms with Gasteiger partial charge in [-0.1, -0.05) is 0 Å². The molecule has 2 aromatic rings. The Balaban J connectivity index is 1.81. The van der Waals surface area contributed by atoms with E-state index in [4.69, 9.17) is 10.5 Å². The molecule has 0 unspecified atom stereocenters. The summed E-state index contributed by atoms with van der Waals surface area (Å²) in [5.74, 6) is 0.817. The molecule has 0 aliphatic rings. The third-order valence-electron chi connectivity index (χ3n) is 1.96. The van der Waals surface area contributed by atoms with Crippen molar-refractivity contribution in [2.45, 2.75) is 6.54 Å². The predicted molar refractivity (Wildman–Crippen MR) is 56.4 cm³/mol. The molecule has 0 aliphatic heterocycles. The second-order valence-electron chi connectivity index (χ2n) is 3.12. The molecule has 5 heteroatoms. The molecule has 0 saturated heterocycles. The van der Waals surface area contributed by atoms with Crippen LogP contribution in [-0.2, 0) is 6.54 Å². The van der Waals surface area contributed by atoms with Gasteiger partial charge in [0.05, 0.1) is 6.54 Å². The minimum Gasteiger partial charge on any atom is -0.492 e. The zero-order valence-corrected chi connectivity index (χ0v) is 8.21. The molecule has 2 N–H and O–H groups in total. The van der Waals surface area contributed by atoms with Gasteiger partial charge in [-0.3, -0.25) is 0 Å². The van der Waals surface area contributed by atoms with Crippen LogP contribution in [0.25, 0.3) is 0 Å². The lowest BCUT2D eigenvalue weighted by Crippen LogP contribution is -2.06. The summed E-state index contributed by atoms with van der Waals surface area (Å²) in [4.78, 5) is 0. The molecule has 0 fully saturated rings. The van der Waals surface area contributed by atoms with Crippen molar-refractivity contribution in [3.8, 4) is 5.75 Å². The summed E-state index contributed by atoms with van der Waals surface area (Å²) in [5, 5.41) is 7.40. The fourth-order valence-electron chi connectivity index (χ4n) is 1.17. The van der Waals surface area contributed by atoms with Crippen molar-refractivity contribution in [2.75, 3.05) is 12.3 Å². The van der Waals surface area contributed by atoms with E-state index in [2.05, 4.69) is 10.2 Å². The molecule has 1 aromatic carbocycles. The van der Waals surface area contributed by atoms with Gasteiger partial charge in [0.25, 0.3) is 0 Å². The maximum Gasteiger partial charge on any atom is 0.119 e. The van der Waals surface area contributed by atoms with Crippen molar-refractivity contribution in [2.24, 2.45) is 0 Å². The fourth-order valence-corrected chi connectivity index (χ4v) is 1.17. The summed E-state index contributed by atoms with van der Waals surface area (Å²) in [6.45, 7) is 1.32. The van der Waals surface area contributed by atoms with E-state index in [1.165, 1.54) is 0 Å². The number of anilines is 1. The number of ether oxygens (including phenoxy) is 1. The molecule has 1 heterocycles. The first kappa shape index (κ1) is 9.51. The highest BCUT2D eigenvalue weighted by Crippen LogP contribution is 2.12. The number of hydrogen-bond donors (Lipinski definition) is 1. The van der Waals surface area contributed by atoms with Crippen LogP contribution in [0.5, 0.6) is 5.75 Å². The van der Waals surface area contributed by atoms with Gasteiger partial charge in [0, 0.05) is 5.69 Å². The number of hydrogen-bond acceptors (Lipinski definition) is 4. The fraction of sp³-hybridized carbons (Fsp3) is 0.200. The van der Waals surface area contributed by atoms with Gasteiger partial charge in [-0.15, -0.1) is 10.2 Å². The first-order valence-corrected chi connectivity index (χ1v) is 4.65. The number of rotatable bonds is 4. The van der Waals surface area contributed by atoms with E-state index >= 15 is 0 Å². The summed E-state index contributed by atoms with van der Waals surface area (Å²) in [5.41, 5.74) is 6.29. The van der Waals surface area contributed by atoms with E-state index in [-0.39, 0.29) is 0 Å². The van der Waals surface area contributed by atoms with Crippen molar-refractivity contribution < 1.29 is 4.74 Å². The van der Waals surface area contributed by atoms with Gasteiger partial charge in [-0.25, -0.2) is 0 Å². The summed E-state index contributed by atoms with van der Waals surface area (Å²) in [6.07, 6.45) is 3.32. The lowest BCUT2D eigenvalue weighted by atomic mass is 10.3. The molecule has 15 heavy (non-hydrogen) atoms. The molecule has 0 bridgehead atoms. The largest absolute Gasteiger partial charge is 0.492 e. The molecule has 0 spiro atoms. The third-order valence-corrected chi connectivity index (χ3v) is 1.96.